The van der Waals surface area contributed by atoms with Gasteiger partial charge in [-0.05, 0) is 31.5 Å². The molecule has 0 saturated carbocycles. The van der Waals surface area contributed by atoms with Crippen molar-refractivity contribution < 1.29 is 0 Å². The second-order valence-electron chi connectivity index (χ2n) is 6.09. The molecule has 0 spiro atoms. The van der Waals surface area contributed by atoms with Crippen LogP contribution >= 0.6 is 0 Å². The van der Waals surface area contributed by atoms with E-state index in [1.807, 2.05) is 48.5 Å². The molecule has 24 heavy (non-hydrogen) atoms. The first kappa shape index (κ1) is 15.0. The molecule has 3 aromatic heterocycles. The first-order valence-electron chi connectivity index (χ1n) is 8.37. The van der Waals surface area contributed by atoms with Gasteiger partial charge in [0.2, 0.25) is 5.95 Å². The van der Waals surface area contributed by atoms with E-state index in [1.165, 1.54) is 12.8 Å². The normalized spacial score (nSPS) is 18.8. The molecule has 0 aliphatic carbocycles. The Morgan fingerprint density at radius 1 is 1.25 bits per heavy atom. The first-order valence-corrected chi connectivity index (χ1v) is 8.37. The van der Waals surface area contributed by atoms with Crippen molar-refractivity contribution in [1.82, 2.24) is 29.5 Å². The minimum absolute atomic E-state index is 0.313. The molecule has 0 unspecified atom stereocenters. The number of hydrogen-bond acceptors (Lipinski definition) is 6. The van der Waals surface area contributed by atoms with Crippen molar-refractivity contribution in [3.05, 3.63) is 48.2 Å². The van der Waals surface area contributed by atoms with E-state index in [0.717, 1.165) is 36.4 Å². The van der Waals surface area contributed by atoms with Gasteiger partial charge >= 0.3 is 0 Å². The van der Waals surface area contributed by atoms with Crippen LogP contribution in [0.3, 0.4) is 0 Å². The molecule has 7 nitrogen and oxygen atoms in total. The van der Waals surface area contributed by atoms with Crippen molar-refractivity contribution in [2.75, 3.05) is 18.9 Å². The summed E-state index contributed by atoms with van der Waals surface area (Å²) in [5.41, 5.74) is 3.17. The summed E-state index contributed by atoms with van der Waals surface area (Å²) in [6, 6.07) is 4.23. The SMILES string of the molecule is CNc1nccc([C@@H]2CCCCN2Cc2cnn3cccnc23)n1. The summed E-state index contributed by atoms with van der Waals surface area (Å²) in [4.78, 5) is 15.8. The quantitative estimate of drug-likeness (QED) is 0.794. The molecule has 1 aliphatic heterocycles. The number of likely N-dealkylation sites (tertiary alicyclic amines) is 1. The lowest BCUT2D eigenvalue weighted by Gasteiger charge is -2.35. The van der Waals surface area contributed by atoms with Crippen molar-refractivity contribution in [1.29, 1.82) is 0 Å². The Hall–Kier alpha value is -2.54. The molecule has 4 rings (SSSR count). The molecule has 0 aromatic carbocycles. The highest BCUT2D eigenvalue weighted by molar-refractivity contribution is 5.45. The second-order valence-corrected chi connectivity index (χ2v) is 6.09. The van der Waals surface area contributed by atoms with E-state index in [9.17, 15) is 0 Å². The van der Waals surface area contributed by atoms with E-state index in [2.05, 4.69) is 30.3 Å². The summed E-state index contributed by atoms with van der Waals surface area (Å²) in [5.74, 6) is 0.677. The third-order valence-electron chi connectivity index (χ3n) is 4.58. The molecule has 3 aromatic rings. The largest absolute Gasteiger partial charge is 0.357 e. The Balaban J connectivity index is 1.62. The fraction of sp³-hybridized carbons (Fsp3) is 0.412. The Bertz CT molecular complexity index is 828. The standard InChI is InChI=1S/C17H21N7/c1-18-17-20-8-6-14(22-17)15-5-2-3-9-23(15)12-13-11-21-24-10-4-7-19-16(13)24/h4,6-8,10-11,15H,2-3,5,9,12H2,1H3,(H,18,20,22)/t15-/m0/s1. The number of nitrogens with one attached hydrogen (secondary N) is 1. The van der Waals surface area contributed by atoms with Crippen molar-refractivity contribution >= 4 is 11.6 Å². The Morgan fingerprint density at radius 2 is 2.21 bits per heavy atom. The zero-order chi connectivity index (χ0) is 16.4. The lowest BCUT2D eigenvalue weighted by molar-refractivity contribution is 0.137. The predicted octanol–water partition coefficient (Wildman–Crippen LogP) is 2.29. The van der Waals surface area contributed by atoms with Crippen LogP contribution in [-0.2, 0) is 6.54 Å². The summed E-state index contributed by atoms with van der Waals surface area (Å²) < 4.78 is 1.83. The summed E-state index contributed by atoms with van der Waals surface area (Å²) in [7, 11) is 1.85. The minimum Gasteiger partial charge on any atom is -0.357 e. The molecule has 1 fully saturated rings. The molecule has 0 amide bonds. The lowest BCUT2D eigenvalue weighted by Crippen LogP contribution is -2.33. The van der Waals surface area contributed by atoms with E-state index in [4.69, 9.17) is 0 Å². The van der Waals surface area contributed by atoms with Crippen molar-refractivity contribution in [2.45, 2.75) is 31.8 Å². The zero-order valence-corrected chi connectivity index (χ0v) is 13.8. The topological polar surface area (TPSA) is 71.2 Å². The van der Waals surface area contributed by atoms with Crippen LogP contribution in [0.4, 0.5) is 5.95 Å². The van der Waals surface area contributed by atoms with Crippen LogP contribution in [0.2, 0.25) is 0 Å². The van der Waals surface area contributed by atoms with Crippen LogP contribution in [0, 0.1) is 0 Å². The minimum atomic E-state index is 0.313. The van der Waals surface area contributed by atoms with Gasteiger partial charge in [0.25, 0.3) is 0 Å². The maximum Gasteiger partial charge on any atom is 0.222 e. The number of anilines is 1. The van der Waals surface area contributed by atoms with Crippen LogP contribution in [0.15, 0.2) is 36.9 Å². The predicted molar refractivity (Wildman–Crippen MR) is 91.6 cm³/mol. The van der Waals surface area contributed by atoms with E-state index in [0.29, 0.717) is 12.0 Å². The van der Waals surface area contributed by atoms with E-state index < -0.39 is 0 Å². The van der Waals surface area contributed by atoms with Gasteiger partial charge in [0, 0.05) is 37.7 Å². The van der Waals surface area contributed by atoms with Gasteiger partial charge in [-0.3, -0.25) is 4.90 Å². The van der Waals surface area contributed by atoms with Gasteiger partial charge in [-0.2, -0.15) is 5.10 Å². The van der Waals surface area contributed by atoms with E-state index in [1.54, 1.807) is 0 Å². The van der Waals surface area contributed by atoms with Crippen molar-refractivity contribution in [2.24, 2.45) is 0 Å². The highest BCUT2D eigenvalue weighted by Crippen LogP contribution is 2.31. The fourth-order valence-electron chi connectivity index (χ4n) is 3.40. The van der Waals surface area contributed by atoms with Crippen LogP contribution in [0.1, 0.15) is 36.6 Å². The number of piperidine rings is 1. The molecule has 1 aliphatic rings. The average Bonchev–Trinajstić information content (AvgIpc) is 3.05. The van der Waals surface area contributed by atoms with Gasteiger partial charge in [-0.25, -0.2) is 19.5 Å². The van der Waals surface area contributed by atoms with Crippen LogP contribution in [0.5, 0.6) is 0 Å². The van der Waals surface area contributed by atoms with Gasteiger partial charge in [0.15, 0.2) is 5.65 Å². The zero-order valence-electron chi connectivity index (χ0n) is 13.8. The molecule has 4 heterocycles. The highest BCUT2D eigenvalue weighted by atomic mass is 15.3. The second kappa shape index (κ2) is 6.52. The van der Waals surface area contributed by atoms with Gasteiger partial charge < -0.3 is 5.32 Å². The summed E-state index contributed by atoms with van der Waals surface area (Å²) in [6.07, 6.45) is 11.1. The van der Waals surface area contributed by atoms with E-state index >= 15 is 0 Å². The molecule has 1 saturated heterocycles. The lowest BCUT2D eigenvalue weighted by atomic mass is 9.98. The third kappa shape index (κ3) is 2.82. The maximum absolute atomic E-state index is 4.66. The maximum atomic E-state index is 4.66. The molecule has 0 bridgehead atoms. The molecule has 0 radical (unpaired) electrons. The fourth-order valence-corrected chi connectivity index (χ4v) is 3.40. The summed E-state index contributed by atoms with van der Waals surface area (Å²) in [5, 5.41) is 7.43. The number of rotatable bonds is 4. The number of hydrogen-bond donors (Lipinski definition) is 1. The monoisotopic (exact) mass is 323 g/mol. The Labute approximate surface area is 140 Å². The number of fused-ring (bicyclic) bond motifs is 1. The highest BCUT2D eigenvalue weighted by Gasteiger charge is 2.26. The first-order chi connectivity index (χ1) is 11.8. The van der Waals surface area contributed by atoms with Gasteiger partial charge in [-0.1, -0.05) is 6.42 Å². The molecule has 7 heteroatoms. The molecule has 1 atom stereocenters. The van der Waals surface area contributed by atoms with Gasteiger partial charge in [0.05, 0.1) is 17.9 Å². The van der Waals surface area contributed by atoms with E-state index in [-0.39, 0.29) is 0 Å². The van der Waals surface area contributed by atoms with Crippen LogP contribution in [0.25, 0.3) is 5.65 Å². The average molecular weight is 323 g/mol. The molecular weight excluding hydrogens is 302 g/mol. The number of nitrogens with zero attached hydrogens (tertiary/aromatic N) is 6. The summed E-state index contributed by atoms with van der Waals surface area (Å²) >= 11 is 0. The molecule has 1 N–H and O–H groups in total. The third-order valence-corrected chi connectivity index (χ3v) is 4.58. The molecule has 124 valence electrons. The Morgan fingerprint density at radius 3 is 3.12 bits per heavy atom. The van der Waals surface area contributed by atoms with Crippen molar-refractivity contribution in [3.8, 4) is 0 Å². The number of aromatic nitrogens is 5. The van der Waals surface area contributed by atoms with Crippen molar-refractivity contribution in [3.63, 3.8) is 0 Å². The smallest absolute Gasteiger partial charge is 0.222 e. The van der Waals surface area contributed by atoms with Gasteiger partial charge in [-0.15, -0.1) is 0 Å². The van der Waals surface area contributed by atoms with Crippen LogP contribution in [-0.4, -0.2) is 43.1 Å². The Kier molecular flexibility index (Phi) is 4.08. The van der Waals surface area contributed by atoms with Crippen LogP contribution < -0.4 is 5.32 Å². The molecular formula is C17H21N7. The van der Waals surface area contributed by atoms with Gasteiger partial charge in [0.1, 0.15) is 0 Å². The summed E-state index contributed by atoms with van der Waals surface area (Å²) in [6.45, 7) is 1.90.